The molecule has 0 heterocycles. The minimum absolute atomic E-state index is 0. The topological polar surface area (TPSA) is 161 Å². The van der Waals surface area contributed by atoms with Gasteiger partial charge in [-0.15, -0.1) is 0 Å². The first-order chi connectivity index (χ1) is 5.55. The summed E-state index contributed by atoms with van der Waals surface area (Å²) in [6.45, 7) is 0. The second-order valence-electron chi connectivity index (χ2n) is 2.46. The number of aliphatic hydroxyl groups excluding tert-OH is 1. The SMILES string of the molecule is NC(CC(O)P(=O)(O)O)P(=O)(O)O.[NaH].[NaH]. The Morgan fingerprint density at radius 1 is 1.00 bits per heavy atom. The van der Waals surface area contributed by atoms with E-state index in [4.69, 9.17) is 30.4 Å². The number of aliphatic hydroxyl groups is 1. The third kappa shape index (κ3) is 9.88. The molecule has 0 aliphatic heterocycles. The summed E-state index contributed by atoms with van der Waals surface area (Å²) in [5.74, 6) is -3.91. The van der Waals surface area contributed by atoms with Gasteiger partial charge < -0.3 is 30.4 Å². The van der Waals surface area contributed by atoms with E-state index >= 15 is 0 Å². The van der Waals surface area contributed by atoms with Gasteiger partial charge in [0.1, 0.15) is 5.78 Å². The molecule has 0 aromatic heterocycles. The Bertz CT molecular complexity index is 237. The number of hydrogen-bond acceptors (Lipinski definition) is 4. The Morgan fingerprint density at radius 3 is 1.53 bits per heavy atom. The zero-order valence-electron chi connectivity index (χ0n) is 6.39. The normalized spacial score (nSPS) is 15.9. The van der Waals surface area contributed by atoms with Crippen LogP contribution in [0.1, 0.15) is 6.42 Å². The van der Waals surface area contributed by atoms with Crippen LogP contribution in [-0.2, 0) is 9.13 Å². The van der Waals surface area contributed by atoms with E-state index in [2.05, 4.69) is 0 Å². The molecule has 0 amide bonds. The van der Waals surface area contributed by atoms with E-state index in [1.165, 1.54) is 0 Å². The minimum atomic E-state index is -4.75. The quantitative estimate of drug-likeness (QED) is 0.235. The Labute approximate surface area is 131 Å². The van der Waals surface area contributed by atoms with Crippen LogP contribution in [-0.4, -0.2) is 95.4 Å². The van der Waals surface area contributed by atoms with Crippen LogP contribution in [0.4, 0.5) is 0 Å². The van der Waals surface area contributed by atoms with Crippen molar-refractivity contribution in [2.24, 2.45) is 5.73 Å². The van der Waals surface area contributed by atoms with Crippen LogP contribution in [0.2, 0.25) is 0 Å². The molecule has 0 aliphatic rings. The second-order valence-corrected chi connectivity index (χ2v) is 6.08. The fourth-order valence-electron chi connectivity index (χ4n) is 0.491. The molecule has 84 valence electrons. The average molecular weight is 283 g/mol. The molecule has 2 atom stereocenters. The fraction of sp³-hybridized carbons (Fsp3) is 1.00. The first-order valence-corrected chi connectivity index (χ1v) is 6.45. The summed E-state index contributed by atoms with van der Waals surface area (Å²) in [6, 6.07) is 0. The Hall–Kier alpha value is 2.22. The van der Waals surface area contributed by atoms with Crippen LogP contribution in [0, 0.1) is 0 Å². The molecule has 0 spiro atoms. The number of nitrogens with two attached hydrogens (primary N) is 1. The third-order valence-corrected chi connectivity index (χ3v) is 3.33. The Balaban J connectivity index is -0.000000720. The maximum absolute atomic E-state index is 10.4. The first-order valence-electron chi connectivity index (χ1n) is 3.09. The van der Waals surface area contributed by atoms with Gasteiger partial charge >= 0.3 is 74.3 Å². The van der Waals surface area contributed by atoms with E-state index in [1.54, 1.807) is 0 Å². The molecular weight excluding hydrogens is 270 g/mol. The van der Waals surface area contributed by atoms with Crippen molar-refractivity contribution in [3.63, 3.8) is 0 Å². The molecule has 0 saturated carbocycles. The second kappa shape index (κ2) is 8.34. The summed E-state index contributed by atoms with van der Waals surface area (Å²) in [7, 11) is -9.35. The molecule has 0 bridgehead atoms. The zero-order chi connectivity index (χ0) is 10.9. The molecule has 12 heteroatoms. The molecule has 0 aromatic carbocycles. The Kier molecular flexibility index (Phi) is 12.5. The van der Waals surface area contributed by atoms with Crippen molar-refractivity contribution in [3.8, 4) is 0 Å². The summed E-state index contributed by atoms with van der Waals surface area (Å²) in [4.78, 5) is 33.6. The van der Waals surface area contributed by atoms with Gasteiger partial charge in [-0.05, 0) is 0 Å². The van der Waals surface area contributed by atoms with Gasteiger partial charge in [-0.1, -0.05) is 0 Å². The van der Waals surface area contributed by atoms with Crippen molar-refractivity contribution in [3.05, 3.63) is 0 Å². The van der Waals surface area contributed by atoms with E-state index in [0.29, 0.717) is 0 Å². The molecule has 0 fully saturated rings. The summed E-state index contributed by atoms with van der Waals surface area (Å²) < 4.78 is 20.7. The Morgan fingerprint density at radius 2 is 1.33 bits per heavy atom. The van der Waals surface area contributed by atoms with Crippen LogP contribution >= 0.6 is 15.2 Å². The van der Waals surface area contributed by atoms with Crippen LogP contribution in [0.15, 0.2) is 0 Å². The van der Waals surface area contributed by atoms with Crippen LogP contribution in [0.3, 0.4) is 0 Å². The summed E-state index contributed by atoms with van der Waals surface area (Å²) >= 11 is 0. The molecule has 0 saturated heterocycles. The van der Waals surface area contributed by atoms with E-state index in [-0.39, 0.29) is 59.1 Å². The van der Waals surface area contributed by atoms with Gasteiger partial charge in [0, 0.05) is 6.42 Å². The molecule has 0 aliphatic carbocycles. The van der Waals surface area contributed by atoms with Crippen molar-refractivity contribution in [2.45, 2.75) is 18.0 Å². The third-order valence-electron chi connectivity index (χ3n) is 1.27. The first kappa shape index (κ1) is 22.4. The predicted octanol–water partition coefficient (Wildman–Crippen LogP) is -2.96. The standard InChI is InChI=1S/C3H11NO7P2.2Na.2H/c4-2(12(6,7)8)1-3(5)13(9,10)11;;;;/h2-3,5H,1,4H2,(H2,6,7,8)(H2,9,10,11);;;;. The summed E-state index contributed by atoms with van der Waals surface area (Å²) in [5.41, 5.74) is 4.88. The van der Waals surface area contributed by atoms with Crippen molar-refractivity contribution in [2.75, 3.05) is 0 Å². The van der Waals surface area contributed by atoms with Crippen molar-refractivity contribution >= 4 is 74.3 Å². The van der Waals surface area contributed by atoms with Crippen LogP contribution in [0.5, 0.6) is 0 Å². The van der Waals surface area contributed by atoms with Gasteiger partial charge in [-0.25, -0.2) is 0 Å². The van der Waals surface area contributed by atoms with Gasteiger partial charge in [-0.2, -0.15) is 0 Å². The molecule has 0 rings (SSSR count). The summed E-state index contributed by atoms with van der Waals surface area (Å²) in [6.07, 6.45) is -0.853. The van der Waals surface area contributed by atoms with Gasteiger partial charge in [0.25, 0.3) is 0 Å². The number of hydrogen-bond donors (Lipinski definition) is 6. The average Bonchev–Trinajstić information content (AvgIpc) is 1.82. The molecular formula is C3H13NNa2O7P2. The molecule has 2 unspecified atom stereocenters. The zero-order valence-corrected chi connectivity index (χ0v) is 8.18. The molecule has 8 nitrogen and oxygen atoms in total. The van der Waals surface area contributed by atoms with Crippen molar-refractivity contribution in [1.82, 2.24) is 0 Å². The van der Waals surface area contributed by atoms with Crippen LogP contribution < -0.4 is 5.73 Å². The molecule has 0 aromatic rings. The molecule has 15 heavy (non-hydrogen) atoms. The molecule has 7 N–H and O–H groups in total. The monoisotopic (exact) mass is 283 g/mol. The van der Waals surface area contributed by atoms with Crippen molar-refractivity contribution < 1.29 is 33.8 Å². The van der Waals surface area contributed by atoms with E-state index in [1.807, 2.05) is 0 Å². The van der Waals surface area contributed by atoms with Crippen molar-refractivity contribution in [1.29, 1.82) is 0 Å². The fourth-order valence-corrected chi connectivity index (χ4v) is 1.63. The predicted molar refractivity (Wildman–Crippen MR) is 57.0 cm³/mol. The van der Waals surface area contributed by atoms with E-state index < -0.39 is 33.2 Å². The van der Waals surface area contributed by atoms with Gasteiger partial charge in [-0.3, -0.25) is 9.13 Å². The van der Waals surface area contributed by atoms with Crippen LogP contribution in [0.25, 0.3) is 0 Å². The maximum atomic E-state index is 10.4. The summed E-state index contributed by atoms with van der Waals surface area (Å²) in [5, 5.41) is 8.73. The van der Waals surface area contributed by atoms with Gasteiger partial charge in [0.05, 0.1) is 0 Å². The molecule has 0 radical (unpaired) electrons. The van der Waals surface area contributed by atoms with E-state index in [9.17, 15) is 9.13 Å². The van der Waals surface area contributed by atoms with E-state index in [0.717, 1.165) is 0 Å². The number of rotatable bonds is 4. The van der Waals surface area contributed by atoms with Gasteiger partial charge in [0.2, 0.25) is 0 Å². The van der Waals surface area contributed by atoms with Gasteiger partial charge in [0.15, 0.2) is 5.85 Å².